The topological polar surface area (TPSA) is 64.3 Å². The third-order valence-corrected chi connectivity index (χ3v) is 2.87. The first-order chi connectivity index (χ1) is 9.67. The van der Waals surface area contributed by atoms with Crippen LogP contribution in [0.1, 0.15) is 12.5 Å². The van der Waals surface area contributed by atoms with Crippen LogP contribution in [0.4, 0.5) is 11.4 Å². The van der Waals surface area contributed by atoms with Crippen molar-refractivity contribution in [3.8, 4) is 5.75 Å². The van der Waals surface area contributed by atoms with Crippen LogP contribution in [0.25, 0.3) is 0 Å². The highest BCUT2D eigenvalue weighted by Gasteiger charge is 2.04. The van der Waals surface area contributed by atoms with Crippen LogP contribution < -0.4 is 15.8 Å². The van der Waals surface area contributed by atoms with E-state index in [1.807, 2.05) is 24.3 Å². The van der Waals surface area contributed by atoms with Crippen molar-refractivity contribution in [3.63, 3.8) is 0 Å². The fraction of sp³-hybridized carbons (Fsp3) is 0.188. The van der Waals surface area contributed by atoms with Gasteiger partial charge in [0.05, 0.1) is 0 Å². The number of aryl methyl sites for hydroxylation is 1. The molecule has 104 valence electrons. The van der Waals surface area contributed by atoms with Gasteiger partial charge in [-0.1, -0.05) is 19.1 Å². The molecule has 0 fully saturated rings. The zero-order valence-electron chi connectivity index (χ0n) is 11.4. The molecule has 2 rings (SSSR count). The molecule has 0 aliphatic rings. The van der Waals surface area contributed by atoms with E-state index in [1.165, 1.54) is 5.56 Å². The summed E-state index contributed by atoms with van der Waals surface area (Å²) >= 11 is 0. The van der Waals surface area contributed by atoms with E-state index in [9.17, 15) is 4.79 Å². The number of nitrogen functional groups attached to an aromatic ring is 1. The van der Waals surface area contributed by atoms with E-state index in [0.717, 1.165) is 12.1 Å². The number of nitrogens with one attached hydrogen (secondary N) is 1. The SMILES string of the molecule is CCc1cccc(NC(=O)COc2ccc(N)cc2)c1. The summed E-state index contributed by atoms with van der Waals surface area (Å²) in [4.78, 5) is 11.8. The van der Waals surface area contributed by atoms with E-state index >= 15 is 0 Å². The van der Waals surface area contributed by atoms with Crippen molar-refractivity contribution in [1.29, 1.82) is 0 Å². The van der Waals surface area contributed by atoms with Gasteiger partial charge in [-0.05, 0) is 48.4 Å². The molecule has 0 heterocycles. The summed E-state index contributed by atoms with van der Waals surface area (Å²) in [5, 5.41) is 2.81. The van der Waals surface area contributed by atoms with E-state index < -0.39 is 0 Å². The Morgan fingerprint density at radius 3 is 2.65 bits per heavy atom. The highest BCUT2D eigenvalue weighted by atomic mass is 16.5. The third kappa shape index (κ3) is 4.02. The molecular formula is C16H18N2O2. The van der Waals surface area contributed by atoms with Crippen molar-refractivity contribution in [2.24, 2.45) is 0 Å². The molecule has 0 saturated carbocycles. The second kappa shape index (κ2) is 6.61. The molecule has 4 nitrogen and oxygen atoms in total. The van der Waals surface area contributed by atoms with Gasteiger partial charge in [-0.15, -0.1) is 0 Å². The minimum absolute atomic E-state index is 0.0275. The van der Waals surface area contributed by atoms with Crippen LogP contribution in [0, 0.1) is 0 Å². The summed E-state index contributed by atoms with van der Waals surface area (Å²) in [5.41, 5.74) is 8.21. The quantitative estimate of drug-likeness (QED) is 0.821. The first-order valence-corrected chi connectivity index (χ1v) is 6.54. The molecule has 0 aliphatic carbocycles. The largest absolute Gasteiger partial charge is 0.484 e. The lowest BCUT2D eigenvalue weighted by atomic mass is 10.1. The fourth-order valence-electron chi connectivity index (χ4n) is 1.78. The van der Waals surface area contributed by atoms with Crippen molar-refractivity contribution in [2.75, 3.05) is 17.7 Å². The van der Waals surface area contributed by atoms with Gasteiger partial charge in [-0.2, -0.15) is 0 Å². The molecule has 20 heavy (non-hydrogen) atoms. The second-order valence-corrected chi connectivity index (χ2v) is 4.46. The molecule has 0 bridgehead atoms. The molecule has 0 unspecified atom stereocenters. The number of ether oxygens (including phenoxy) is 1. The number of carbonyl (C=O) groups is 1. The van der Waals surface area contributed by atoms with Crippen LogP contribution >= 0.6 is 0 Å². The zero-order chi connectivity index (χ0) is 14.4. The molecule has 0 radical (unpaired) electrons. The first-order valence-electron chi connectivity index (χ1n) is 6.54. The average molecular weight is 270 g/mol. The number of benzene rings is 2. The van der Waals surface area contributed by atoms with Crippen molar-refractivity contribution < 1.29 is 9.53 Å². The van der Waals surface area contributed by atoms with Crippen LogP contribution in [0.15, 0.2) is 48.5 Å². The molecule has 2 aromatic rings. The number of amides is 1. The molecule has 0 aliphatic heterocycles. The molecular weight excluding hydrogens is 252 g/mol. The van der Waals surface area contributed by atoms with Crippen molar-refractivity contribution in [1.82, 2.24) is 0 Å². The van der Waals surface area contributed by atoms with Crippen LogP contribution in [0.5, 0.6) is 5.75 Å². The van der Waals surface area contributed by atoms with Crippen molar-refractivity contribution in [3.05, 3.63) is 54.1 Å². The van der Waals surface area contributed by atoms with Crippen molar-refractivity contribution in [2.45, 2.75) is 13.3 Å². The Morgan fingerprint density at radius 2 is 1.95 bits per heavy atom. The Kier molecular flexibility index (Phi) is 4.60. The molecule has 0 aromatic heterocycles. The predicted molar refractivity (Wildman–Crippen MR) is 80.8 cm³/mol. The first kappa shape index (κ1) is 13.9. The van der Waals surface area contributed by atoms with Crippen LogP contribution in [-0.4, -0.2) is 12.5 Å². The van der Waals surface area contributed by atoms with Gasteiger partial charge < -0.3 is 15.8 Å². The minimum Gasteiger partial charge on any atom is -0.484 e. The normalized spacial score (nSPS) is 10.1. The lowest BCUT2D eigenvalue weighted by Crippen LogP contribution is -2.20. The molecule has 0 atom stereocenters. The molecule has 2 aromatic carbocycles. The van der Waals surface area contributed by atoms with Gasteiger partial charge in [0, 0.05) is 11.4 Å². The lowest BCUT2D eigenvalue weighted by Gasteiger charge is -2.08. The maximum atomic E-state index is 11.8. The number of nitrogens with two attached hydrogens (primary N) is 1. The third-order valence-electron chi connectivity index (χ3n) is 2.87. The van der Waals surface area contributed by atoms with E-state index in [-0.39, 0.29) is 12.5 Å². The summed E-state index contributed by atoms with van der Waals surface area (Å²) < 4.78 is 5.38. The van der Waals surface area contributed by atoms with Gasteiger partial charge in [0.25, 0.3) is 5.91 Å². The van der Waals surface area contributed by atoms with Crippen LogP contribution in [-0.2, 0) is 11.2 Å². The van der Waals surface area contributed by atoms with Gasteiger partial charge >= 0.3 is 0 Å². The Balaban J connectivity index is 1.87. The molecule has 1 amide bonds. The smallest absolute Gasteiger partial charge is 0.262 e. The summed E-state index contributed by atoms with van der Waals surface area (Å²) in [7, 11) is 0. The highest BCUT2D eigenvalue weighted by molar-refractivity contribution is 5.91. The number of anilines is 2. The summed E-state index contributed by atoms with van der Waals surface area (Å²) in [5.74, 6) is 0.437. The summed E-state index contributed by atoms with van der Waals surface area (Å²) in [6.45, 7) is 2.05. The maximum absolute atomic E-state index is 11.8. The Labute approximate surface area is 118 Å². The van der Waals surface area contributed by atoms with E-state index in [2.05, 4.69) is 12.2 Å². The minimum atomic E-state index is -0.185. The average Bonchev–Trinajstić information content (AvgIpc) is 2.47. The Hall–Kier alpha value is -2.49. The fourth-order valence-corrected chi connectivity index (χ4v) is 1.78. The Bertz CT molecular complexity index is 579. The zero-order valence-corrected chi connectivity index (χ0v) is 11.4. The number of rotatable bonds is 5. The summed E-state index contributed by atoms with van der Waals surface area (Å²) in [6.07, 6.45) is 0.936. The van der Waals surface area contributed by atoms with Gasteiger partial charge in [0.15, 0.2) is 6.61 Å². The van der Waals surface area contributed by atoms with Crippen LogP contribution in [0.2, 0.25) is 0 Å². The van der Waals surface area contributed by atoms with Crippen molar-refractivity contribution >= 4 is 17.3 Å². The second-order valence-electron chi connectivity index (χ2n) is 4.46. The molecule has 0 spiro atoms. The van der Waals surface area contributed by atoms with E-state index in [1.54, 1.807) is 24.3 Å². The monoisotopic (exact) mass is 270 g/mol. The van der Waals surface area contributed by atoms with E-state index in [4.69, 9.17) is 10.5 Å². The molecule has 4 heteroatoms. The number of hydrogen-bond donors (Lipinski definition) is 2. The van der Waals surface area contributed by atoms with Gasteiger partial charge in [0.2, 0.25) is 0 Å². The Morgan fingerprint density at radius 1 is 1.20 bits per heavy atom. The molecule has 0 saturated heterocycles. The van der Waals surface area contributed by atoms with Gasteiger partial charge in [0.1, 0.15) is 5.75 Å². The van der Waals surface area contributed by atoms with E-state index in [0.29, 0.717) is 11.4 Å². The maximum Gasteiger partial charge on any atom is 0.262 e. The van der Waals surface area contributed by atoms with Gasteiger partial charge in [-0.3, -0.25) is 4.79 Å². The van der Waals surface area contributed by atoms with Gasteiger partial charge in [-0.25, -0.2) is 0 Å². The number of hydrogen-bond acceptors (Lipinski definition) is 3. The van der Waals surface area contributed by atoms with Crippen LogP contribution in [0.3, 0.4) is 0 Å². The lowest BCUT2D eigenvalue weighted by molar-refractivity contribution is -0.118. The highest BCUT2D eigenvalue weighted by Crippen LogP contribution is 2.14. The molecule has 3 N–H and O–H groups in total. The summed E-state index contributed by atoms with van der Waals surface area (Å²) in [6, 6.07) is 14.7. The predicted octanol–water partition coefficient (Wildman–Crippen LogP) is 2.85. The number of carbonyl (C=O) groups excluding carboxylic acids is 1. The standard InChI is InChI=1S/C16H18N2O2/c1-2-12-4-3-5-14(10-12)18-16(19)11-20-15-8-6-13(17)7-9-15/h3-10H,2,11,17H2,1H3,(H,18,19).